The highest BCUT2D eigenvalue weighted by atomic mass is 19.1. The van der Waals surface area contributed by atoms with Crippen molar-refractivity contribution in [1.29, 1.82) is 10.8 Å². The second-order valence-corrected chi connectivity index (χ2v) is 8.95. The monoisotopic (exact) mass is 536 g/mol. The van der Waals surface area contributed by atoms with Crippen molar-refractivity contribution < 1.29 is 27.8 Å². The summed E-state index contributed by atoms with van der Waals surface area (Å²) in [5.41, 5.74) is 1.48. The second-order valence-electron chi connectivity index (χ2n) is 8.95. The van der Waals surface area contributed by atoms with Crippen LogP contribution in [0.2, 0.25) is 0 Å². The molecule has 3 aromatic rings. The Morgan fingerprint density at radius 1 is 0.821 bits per heavy atom. The zero-order chi connectivity index (χ0) is 28.4. The van der Waals surface area contributed by atoms with Crippen LogP contribution in [-0.4, -0.2) is 35.9 Å². The third kappa shape index (κ3) is 9.42. The number of nitrogens with one attached hydrogen (secondary N) is 4. The van der Waals surface area contributed by atoms with E-state index >= 15 is 0 Å². The van der Waals surface area contributed by atoms with Crippen molar-refractivity contribution in [2.24, 2.45) is 5.92 Å². The molecule has 0 fully saturated rings. The summed E-state index contributed by atoms with van der Waals surface area (Å²) in [4.78, 5) is 25.8. The fourth-order valence-electron chi connectivity index (χ4n) is 3.60. The number of carbonyl (C=O) groups is 2. The van der Waals surface area contributed by atoms with Gasteiger partial charge in [0.05, 0.1) is 13.2 Å². The van der Waals surface area contributed by atoms with Crippen LogP contribution in [-0.2, 0) is 20.9 Å². The molecule has 0 aliphatic carbocycles. The Balaban J connectivity index is 1.65. The Labute approximate surface area is 225 Å². The first-order valence-electron chi connectivity index (χ1n) is 12.2. The Bertz CT molecular complexity index is 1280. The summed E-state index contributed by atoms with van der Waals surface area (Å²) in [6.45, 7) is 2.97. The maximum Gasteiger partial charge on any atom is 0.249 e. The molecule has 2 amide bonds. The van der Waals surface area contributed by atoms with E-state index in [0.717, 1.165) is 0 Å². The maximum atomic E-state index is 13.2. The zero-order valence-electron chi connectivity index (χ0n) is 21.6. The zero-order valence-corrected chi connectivity index (χ0v) is 21.6. The van der Waals surface area contributed by atoms with Crippen molar-refractivity contribution in [2.45, 2.75) is 32.9 Å². The third-order valence-electron chi connectivity index (χ3n) is 5.72. The summed E-state index contributed by atoms with van der Waals surface area (Å²) in [5.74, 6) is -1.54. The molecule has 204 valence electrons. The number of anilines is 1. The minimum atomic E-state index is -1.08. The number of rotatable bonds is 13. The van der Waals surface area contributed by atoms with Gasteiger partial charge in [-0.25, -0.2) is 8.78 Å². The van der Waals surface area contributed by atoms with E-state index in [0.29, 0.717) is 22.7 Å². The van der Waals surface area contributed by atoms with Crippen LogP contribution in [0.4, 0.5) is 14.5 Å². The molecule has 3 aromatic carbocycles. The highest BCUT2D eigenvalue weighted by Crippen LogP contribution is 2.23. The average molecular weight is 537 g/mol. The molecular formula is C29H30F2N4O4. The van der Waals surface area contributed by atoms with Crippen molar-refractivity contribution in [2.75, 3.05) is 11.9 Å². The van der Waals surface area contributed by atoms with Gasteiger partial charge in [-0.15, -0.1) is 0 Å². The van der Waals surface area contributed by atoms with Gasteiger partial charge < -0.3 is 30.9 Å². The van der Waals surface area contributed by atoms with Gasteiger partial charge in [0.2, 0.25) is 11.8 Å². The van der Waals surface area contributed by atoms with Crippen LogP contribution in [0.3, 0.4) is 0 Å². The molecule has 0 bridgehead atoms. The summed E-state index contributed by atoms with van der Waals surface area (Å²) in [6, 6.07) is 16.7. The third-order valence-corrected chi connectivity index (χ3v) is 5.72. The number of hydrogen-bond acceptors (Lipinski definition) is 6. The van der Waals surface area contributed by atoms with Crippen LogP contribution in [0.1, 0.15) is 25.8 Å². The number of amides is 2. The molecule has 0 aliphatic rings. The Hall–Kier alpha value is -4.44. The number of benzene rings is 3. The Kier molecular flexibility index (Phi) is 10.4. The smallest absolute Gasteiger partial charge is 0.249 e. The van der Waals surface area contributed by atoms with Crippen molar-refractivity contribution in [3.05, 3.63) is 90.0 Å². The molecule has 0 radical (unpaired) electrons. The molecule has 1 atom stereocenters. The molecule has 0 heterocycles. The van der Waals surface area contributed by atoms with Gasteiger partial charge in [0.25, 0.3) is 0 Å². The normalized spacial score (nSPS) is 12.2. The fraction of sp³-hybridized carbons (Fsp3) is 0.241. The summed E-state index contributed by atoms with van der Waals surface area (Å²) in [5, 5.41) is 21.0. The first-order valence-corrected chi connectivity index (χ1v) is 12.2. The predicted octanol–water partition coefficient (Wildman–Crippen LogP) is 5.48. The van der Waals surface area contributed by atoms with Gasteiger partial charge in [-0.05, 0) is 80.1 Å². The van der Waals surface area contributed by atoms with Crippen LogP contribution in [0.5, 0.6) is 11.5 Å². The van der Waals surface area contributed by atoms with Gasteiger partial charge in [-0.1, -0.05) is 12.1 Å². The molecule has 3 rings (SSSR count). The highest BCUT2D eigenvalue weighted by Gasteiger charge is 2.25. The first-order chi connectivity index (χ1) is 18.6. The lowest BCUT2D eigenvalue weighted by atomic mass is 9.95. The topological polar surface area (TPSA) is 124 Å². The minimum Gasteiger partial charge on any atom is -0.457 e. The minimum absolute atomic E-state index is 0.0944. The molecule has 4 N–H and O–H groups in total. The fourth-order valence-corrected chi connectivity index (χ4v) is 3.60. The second kappa shape index (κ2) is 13.9. The van der Waals surface area contributed by atoms with Gasteiger partial charge in [0.15, 0.2) is 0 Å². The maximum absolute atomic E-state index is 13.2. The van der Waals surface area contributed by atoms with E-state index in [1.54, 1.807) is 36.4 Å². The Morgan fingerprint density at radius 2 is 1.33 bits per heavy atom. The van der Waals surface area contributed by atoms with Gasteiger partial charge in [0.1, 0.15) is 29.2 Å². The molecule has 0 spiro atoms. The number of ether oxygens (including phenoxy) is 2. The number of hydrogen-bond donors (Lipinski definition) is 4. The molecular weight excluding hydrogens is 506 g/mol. The van der Waals surface area contributed by atoms with E-state index in [1.165, 1.54) is 50.2 Å². The van der Waals surface area contributed by atoms with E-state index in [1.807, 2.05) is 0 Å². The predicted molar refractivity (Wildman–Crippen MR) is 144 cm³/mol. The number of halogens is 2. The van der Waals surface area contributed by atoms with E-state index in [2.05, 4.69) is 10.6 Å². The van der Waals surface area contributed by atoms with Gasteiger partial charge in [-0.3, -0.25) is 9.59 Å². The molecule has 0 aromatic heterocycles. The van der Waals surface area contributed by atoms with Gasteiger partial charge >= 0.3 is 0 Å². The standard InChI is InChI=1S/C29H30F2N4O4/c1-18(32)26(19(2)33)15-28(36)35-27(17-38-16-20-3-5-21(30)6-4-20)29(37)34-23-9-13-25(14-10-23)39-24-11-7-22(31)8-12-24/h3-14,26-27,32-33H,15-17H2,1-2H3,(H,34,37)(H,35,36). The van der Waals surface area contributed by atoms with Crippen LogP contribution in [0.25, 0.3) is 0 Å². The summed E-state index contributed by atoms with van der Waals surface area (Å²) in [6.07, 6.45) is -0.151. The molecule has 1 unspecified atom stereocenters. The van der Waals surface area contributed by atoms with Crippen molar-refractivity contribution in [1.82, 2.24) is 5.32 Å². The number of carbonyl (C=O) groups excluding carboxylic acids is 2. The Morgan fingerprint density at radius 3 is 1.87 bits per heavy atom. The van der Waals surface area contributed by atoms with E-state index in [4.69, 9.17) is 20.3 Å². The molecule has 0 aliphatic heterocycles. The molecule has 10 heteroatoms. The lowest BCUT2D eigenvalue weighted by molar-refractivity contribution is -0.128. The van der Waals surface area contributed by atoms with Crippen molar-refractivity contribution in [3.63, 3.8) is 0 Å². The molecule has 0 saturated carbocycles. The van der Waals surface area contributed by atoms with E-state index in [9.17, 15) is 18.4 Å². The van der Waals surface area contributed by atoms with Crippen LogP contribution < -0.4 is 15.4 Å². The molecule has 8 nitrogen and oxygen atoms in total. The quantitative estimate of drug-likeness (QED) is 0.216. The first kappa shape index (κ1) is 29.1. The summed E-state index contributed by atoms with van der Waals surface area (Å²) in [7, 11) is 0. The SMILES string of the molecule is CC(=N)C(CC(=O)NC(COCc1ccc(F)cc1)C(=O)Nc1ccc(Oc2ccc(F)cc2)cc1)C(C)=N. The van der Waals surface area contributed by atoms with E-state index < -0.39 is 23.8 Å². The average Bonchev–Trinajstić information content (AvgIpc) is 2.90. The van der Waals surface area contributed by atoms with Crippen molar-refractivity contribution >= 4 is 28.9 Å². The summed E-state index contributed by atoms with van der Waals surface area (Å²) >= 11 is 0. The molecule has 0 saturated heterocycles. The largest absolute Gasteiger partial charge is 0.457 e. The van der Waals surface area contributed by atoms with Crippen LogP contribution in [0, 0.1) is 28.4 Å². The van der Waals surface area contributed by atoms with Gasteiger partial charge in [-0.2, -0.15) is 0 Å². The molecule has 39 heavy (non-hydrogen) atoms. The lowest BCUT2D eigenvalue weighted by Crippen LogP contribution is -2.47. The lowest BCUT2D eigenvalue weighted by Gasteiger charge is -2.21. The van der Waals surface area contributed by atoms with Crippen LogP contribution in [0.15, 0.2) is 72.8 Å². The highest BCUT2D eigenvalue weighted by molar-refractivity contribution is 6.06. The summed E-state index contributed by atoms with van der Waals surface area (Å²) < 4.78 is 37.6. The van der Waals surface area contributed by atoms with Crippen molar-refractivity contribution in [3.8, 4) is 11.5 Å². The van der Waals surface area contributed by atoms with Crippen LogP contribution >= 0.6 is 0 Å². The van der Waals surface area contributed by atoms with Gasteiger partial charge in [0, 0.05) is 29.4 Å². The van der Waals surface area contributed by atoms with E-state index in [-0.39, 0.29) is 42.7 Å².